The quantitative estimate of drug-likeness (QED) is 0.705. The molecule has 0 amide bonds. The lowest BCUT2D eigenvalue weighted by Crippen LogP contribution is -2.51. The summed E-state index contributed by atoms with van der Waals surface area (Å²) in [5, 5.41) is 3.37. The molecular formula is C10H19NO2. The Balaban J connectivity index is 1.86. The summed E-state index contributed by atoms with van der Waals surface area (Å²) in [6.45, 7) is 2.29. The maximum absolute atomic E-state index is 5.70. The van der Waals surface area contributed by atoms with E-state index in [2.05, 4.69) is 5.32 Å². The lowest BCUT2D eigenvalue weighted by Gasteiger charge is -2.39. The van der Waals surface area contributed by atoms with Crippen LogP contribution in [0.5, 0.6) is 0 Å². The highest BCUT2D eigenvalue weighted by Gasteiger charge is 2.33. The fourth-order valence-corrected chi connectivity index (χ4v) is 2.24. The molecular weight excluding hydrogens is 166 g/mol. The van der Waals surface area contributed by atoms with Gasteiger partial charge in [0.1, 0.15) is 0 Å². The molecule has 2 aliphatic rings. The molecule has 76 valence electrons. The van der Waals surface area contributed by atoms with Gasteiger partial charge in [-0.1, -0.05) is 6.42 Å². The van der Waals surface area contributed by atoms with Crippen LogP contribution in [0.15, 0.2) is 0 Å². The number of ether oxygens (including phenoxy) is 2. The second-order valence-electron chi connectivity index (χ2n) is 3.99. The monoisotopic (exact) mass is 185 g/mol. The van der Waals surface area contributed by atoms with Crippen molar-refractivity contribution in [1.82, 2.24) is 5.32 Å². The Morgan fingerprint density at radius 1 is 1.31 bits per heavy atom. The lowest BCUT2D eigenvalue weighted by molar-refractivity contribution is -0.112. The Morgan fingerprint density at radius 3 is 2.62 bits per heavy atom. The molecule has 3 nitrogen and oxygen atoms in total. The maximum atomic E-state index is 5.70. The number of hydrogen-bond acceptors (Lipinski definition) is 3. The van der Waals surface area contributed by atoms with Crippen molar-refractivity contribution in [2.75, 3.05) is 26.9 Å². The zero-order valence-electron chi connectivity index (χ0n) is 8.29. The third-order valence-corrected chi connectivity index (χ3v) is 3.23. The Morgan fingerprint density at radius 2 is 2.15 bits per heavy atom. The lowest BCUT2D eigenvalue weighted by atomic mass is 9.77. The second-order valence-corrected chi connectivity index (χ2v) is 3.99. The van der Waals surface area contributed by atoms with Crippen LogP contribution >= 0.6 is 0 Å². The van der Waals surface area contributed by atoms with Crippen molar-refractivity contribution in [1.29, 1.82) is 0 Å². The molecule has 2 unspecified atom stereocenters. The Labute approximate surface area is 79.8 Å². The van der Waals surface area contributed by atoms with Gasteiger partial charge in [-0.15, -0.1) is 0 Å². The fraction of sp³-hybridized carbons (Fsp3) is 1.00. The first kappa shape index (κ1) is 9.44. The molecule has 1 aliphatic heterocycles. The average Bonchev–Trinajstić information content (AvgIpc) is 2.12. The van der Waals surface area contributed by atoms with E-state index in [-0.39, 0.29) is 6.10 Å². The first-order valence-electron chi connectivity index (χ1n) is 5.28. The summed E-state index contributed by atoms with van der Waals surface area (Å²) < 4.78 is 11.1. The van der Waals surface area contributed by atoms with E-state index in [1.54, 1.807) is 0 Å². The molecule has 2 fully saturated rings. The van der Waals surface area contributed by atoms with Crippen LogP contribution in [-0.2, 0) is 9.47 Å². The van der Waals surface area contributed by atoms with Gasteiger partial charge < -0.3 is 14.8 Å². The molecule has 1 saturated carbocycles. The van der Waals surface area contributed by atoms with Crippen molar-refractivity contribution < 1.29 is 9.47 Å². The standard InChI is InChI=1S/C10H19NO2/c1-11-10(8-3-2-4-8)9-7-12-5-6-13-9/h8-11H,2-7H2,1H3. The van der Waals surface area contributed by atoms with Gasteiger partial charge in [0.15, 0.2) is 0 Å². The zero-order chi connectivity index (χ0) is 9.10. The molecule has 0 bridgehead atoms. The van der Waals surface area contributed by atoms with Crippen molar-refractivity contribution in [3.63, 3.8) is 0 Å². The van der Waals surface area contributed by atoms with E-state index in [0.717, 1.165) is 25.7 Å². The van der Waals surface area contributed by atoms with E-state index >= 15 is 0 Å². The topological polar surface area (TPSA) is 30.5 Å². The van der Waals surface area contributed by atoms with Crippen LogP contribution in [-0.4, -0.2) is 39.0 Å². The van der Waals surface area contributed by atoms with Gasteiger partial charge in [0.2, 0.25) is 0 Å². The van der Waals surface area contributed by atoms with Crippen LogP contribution in [0.25, 0.3) is 0 Å². The normalized spacial score (nSPS) is 32.5. The summed E-state index contributed by atoms with van der Waals surface area (Å²) in [6, 6.07) is 0.508. The summed E-state index contributed by atoms with van der Waals surface area (Å²) in [4.78, 5) is 0. The van der Waals surface area contributed by atoms with Gasteiger partial charge in [0.25, 0.3) is 0 Å². The highest BCUT2D eigenvalue weighted by molar-refractivity contribution is 4.88. The van der Waals surface area contributed by atoms with Gasteiger partial charge in [-0.25, -0.2) is 0 Å². The fourth-order valence-electron chi connectivity index (χ4n) is 2.24. The van der Waals surface area contributed by atoms with Crippen LogP contribution in [0.4, 0.5) is 0 Å². The highest BCUT2D eigenvalue weighted by Crippen LogP contribution is 2.32. The summed E-state index contributed by atoms with van der Waals surface area (Å²) in [5.41, 5.74) is 0. The zero-order valence-corrected chi connectivity index (χ0v) is 8.29. The van der Waals surface area contributed by atoms with E-state index in [9.17, 15) is 0 Å². The van der Waals surface area contributed by atoms with Crippen LogP contribution in [0.1, 0.15) is 19.3 Å². The number of rotatable bonds is 3. The van der Waals surface area contributed by atoms with Crippen LogP contribution < -0.4 is 5.32 Å². The largest absolute Gasteiger partial charge is 0.376 e. The predicted molar refractivity (Wildman–Crippen MR) is 50.7 cm³/mol. The molecule has 0 radical (unpaired) electrons. The van der Waals surface area contributed by atoms with E-state index < -0.39 is 0 Å². The van der Waals surface area contributed by atoms with Crippen LogP contribution in [0.3, 0.4) is 0 Å². The minimum Gasteiger partial charge on any atom is -0.376 e. The molecule has 2 rings (SSSR count). The molecule has 0 aromatic carbocycles. The van der Waals surface area contributed by atoms with Crippen molar-refractivity contribution in [3.8, 4) is 0 Å². The minimum absolute atomic E-state index is 0.282. The first-order valence-corrected chi connectivity index (χ1v) is 5.28. The van der Waals surface area contributed by atoms with Gasteiger partial charge in [-0.3, -0.25) is 0 Å². The van der Waals surface area contributed by atoms with Crippen molar-refractivity contribution >= 4 is 0 Å². The first-order chi connectivity index (χ1) is 6.42. The number of nitrogens with one attached hydrogen (secondary N) is 1. The number of likely N-dealkylation sites (N-methyl/N-ethyl adjacent to an activating group) is 1. The van der Waals surface area contributed by atoms with Crippen LogP contribution in [0.2, 0.25) is 0 Å². The third kappa shape index (κ3) is 2.03. The molecule has 0 aromatic heterocycles. The van der Waals surface area contributed by atoms with Gasteiger partial charge in [-0.2, -0.15) is 0 Å². The average molecular weight is 185 g/mol. The van der Waals surface area contributed by atoms with Crippen molar-refractivity contribution in [2.45, 2.75) is 31.4 Å². The molecule has 1 heterocycles. The molecule has 2 atom stereocenters. The van der Waals surface area contributed by atoms with Gasteiger partial charge in [0.05, 0.1) is 25.9 Å². The predicted octanol–water partition coefficient (Wildman–Crippen LogP) is 0.790. The minimum atomic E-state index is 0.282. The Bertz CT molecular complexity index is 153. The van der Waals surface area contributed by atoms with E-state index in [1.165, 1.54) is 19.3 Å². The summed E-state index contributed by atoms with van der Waals surface area (Å²) in [7, 11) is 2.03. The van der Waals surface area contributed by atoms with Crippen molar-refractivity contribution in [3.05, 3.63) is 0 Å². The summed E-state index contributed by atoms with van der Waals surface area (Å²) >= 11 is 0. The molecule has 1 N–H and O–H groups in total. The summed E-state index contributed by atoms with van der Waals surface area (Å²) in [5.74, 6) is 0.816. The highest BCUT2D eigenvalue weighted by atomic mass is 16.6. The van der Waals surface area contributed by atoms with Crippen LogP contribution in [0, 0.1) is 5.92 Å². The maximum Gasteiger partial charge on any atom is 0.0964 e. The Hall–Kier alpha value is -0.120. The van der Waals surface area contributed by atoms with Crippen molar-refractivity contribution in [2.24, 2.45) is 5.92 Å². The Kier molecular flexibility index (Phi) is 3.19. The second kappa shape index (κ2) is 4.40. The third-order valence-electron chi connectivity index (χ3n) is 3.23. The molecule has 13 heavy (non-hydrogen) atoms. The molecule has 0 aromatic rings. The van der Waals surface area contributed by atoms with Gasteiger partial charge >= 0.3 is 0 Å². The molecule has 3 heteroatoms. The molecule has 1 aliphatic carbocycles. The summed E-state index contributed by atoms with van der Waals surface area (Å²) in [6.07, 6.45) is 4.37. The van der Waals surface area contributed by atoms with Gasteiger partial charge in [-0.05, 0) is 25.8 Å². The molecule has 1 saturated heterocycles. The van der Waals surface area contributed by atoms with E-state index in [1.807, 2.05) is 7.05 Å². The van der Waals surface area contributed by atoms with Gasteiger partial charge in [0, 0.05) is 6.04 Å². The van der Waals surface area contributed by atoms with E-state index in [4.69, 9.17) is 9.47 Å². The number of hydrogen-bond donors (Lipinski definition) is 1. The SMILES string of the molecule is CNC(C1CCC1)C1COCCO1. The molecule has 0 spiro atoms. The smallest absolute Gasteiger partial charge is 0.0964 e. The van der Waals surface area contributed by atoms with E-state index in [0.29, 0.717) is 6.04 Å².